The van der Waals surface area contributed by atoms with Gasteiger partial charge in [0.25, 0.3) is 0 Å². The van der Waals surface area contributed by atoms with Crippen LogP contribution < -0.4 is 5.32 Å². The highest BCUT2D eigenvalue weighted by Gasteiger charge is 2.32. The van der Waals surface area contributed by atoms with Crippen molar-refractivity contribution >= 4 is 5.96 Å². The molecule has 0 spiro atoms. The molecule has 6 nitrogen and oxygen atoms in total. The standard InChI is InChI=1S/C18H36N4O2/c1-5-19-18(20-13-15(4)21(6-2)7-3)22-10-12-24-17(14-22)16-9-8-11-23-16/h15-17H,5-14H2,1-4H3,(H,19,20). The van der Waals surface area contributed by atoms with Crippen molar-refractivity contribution in [2.75, 3.05) is 52.5 Å². The molecule has 1 N–H and O–H groups in total. The topological polar surface area (TPSA) is 49.3 Å². The van der Waals surface area contributed by atoms with Crippen molar-refractivity contribution in [3.63, 3.8) is 0 Å². The Hall–Kier alpha value is -0.850. The maximum Gasteiger partial charge on any atom is 0.194 e. The second kappa shape index (κ2) is 10.2. The van der Waals surface area contributed by atoms with Crippen molar-refractivity contribution in [2.45, 2.75) is 58.8 Å². The molecular formula is C18H36N4O2. The maximum atomic E-state index is 5.96. The number of hydrogen-bond acceptors (Lipinski definition) is 4. The minimum atomic E-state index is 0.172. The number of nitrogens with one attached hydrogen (secondary N) is 1. The summed E-state index contributed by atoms with van der Waals surface area (Å²) in [6, 6.07) is 0.462. The first kappa shape index (κ1) is 19.5. The van der Waals surface area contributed by atoms with Crippen LogP contribution >= 0.6 is 0 Å². The van der Waals surface area contributed by atoms with Gasteiger partial charge in [0.05, 0.1) is 19.3 Å². The SMILES string of the molecule is CCNC(=NCC(C)N(CC)CC)N1CCOC(C2CCCO2)C1. The molecule has 0 aromatic rings. The lowest BCUT2D eigenvalue weighted by Gasteiger charge is -2.37. The smallest absolute Gasteiger partial charge is 0.194 e. The van der Waals surface area contributed by atoms with Crippen LogP contribution in [0.15, 0.2) is 4.99 Å². The summed E-state index contributed by atoms with van der Waals surface area (Å²) < 4.78 is 11.8. The fraction of sp³-hybridized carbons (Fsp3) is 0.944. The highest BCUT2D eigenvalue weighted by atomic mass is 16.5. The lowest BCUT2D eigenvalue weighted by atomic mass is 10.1. The summed E-state index contributed by atoms with van der Waals surface area (Å²) in [5.41, 5.74) is 0. The van der Waals surface area contributed by atoms with Gasteiger partial charge in [0.1, 0.15) is 6.10 Å². The van der Waals surface area contributed by atoms with E-state index in [4.69, 9.17) is 14.5 Å². The van der Waals surface area contributed by atoms with Crippen LogP contribution in [-0.4, -0.2) is 86.5 Å². The first-order valence-electron chi connectivity index (χ1n) is 9.70. The van der Waals surface area contributed by atoms with E-state index in [1.54, 1.807) is 0 Å². The molecule has 140 valence electrons. The summed E-state index contributed by atoms with van der Waals surface area (Å²) in [6.45, 7) is 16.1. The van der Waals surface area contributed by atoms with Crippen LogP contribution in [-0.2, 0) is 9.47 Å². The van der Waals surface area contributed by atoms with Crippen LogP contribution in [0, 0.1) is 0 Å². The molecule has 0 saturated carbocycles. The van der Waals surface area contributed by atoms with Crippen molar-refractivity contribution in [3.8, 4) is 0 Å². The van der Waals surface area contributed by atoms with E-state index in [-0.39, 0.29) is 12.2 Å². The van der Waals surface area contributed by atoms with Gasteiger partial charge in [-0.1, -0.05) is 13.8 Å². The third-order valence-corrected chi connectivity index (χ3v) is 5.05. The number of guanidine groups is 1. The van der Waals surface area contributed by atoms with Crippen LogP contribution in [0.4, 0.5) is 0 Å². The van der Waals surface area contributed by atoms with Gasteiger partial charge < -0.3 is 19.7 Å². The first-order chi connectivity index (χ1) is 11.7. The molecule has 2 aliphatic heterocycles. The van der Waals surface area contributed by atoms with Crippen LogP contribution in [0.1, 0.15) is 40.5 Å². The van der Waals surface area contributed by atoms with Crippen molar-refractivity contribution in [1.82, 2.24) is 15.1 Å². The molecule has 2 saturated heterocycles. The first-order valence-corrected chi connectivity index (χ1v) is 9.70. The highest BCUT2D eigenvalue weighted by Crippen LogP contribution is 2.21. The van der Waals surface area contributed by atoms with Gasteiger partial charge in [0.2, 0.25) is 0 Å². The van der Waals surface area contributed by atoms with Gasteiger partial charge in [-0.3, -0.25) is 9.89 Å². The average molecular weight is 341 g/mol. The van der Waals surface area contributed by atoms with Crippen LogP contribution in [0.3, 0.4) is 0 Å². The predicted molar refractivity (Wildman–Crippen MR) is 98.6 cm³/mol. The quantitative estimate of drug-likeness (QED) is 0.563. The van der Waals surface area contributed by atoms with E-state index in [9.17, 15) is 0 Å². The highest BCUT2D eigenvalue weighted by molar-refractivity contribution is 5.80. The lowest BCUT2D eigenvalue weighted by Crippen LogP contribution is -2.53. The predicted octanol–water partition coefficient (Wildman–Crippen LogP) is 1.56. The van der Waals surface area contributed by atoms with Gasteiger partial charge in [0.15, 0.2) is 5.96 Å². The molecule has 2 heterocycles. The minimum absolute atomic E-state index is 0.172. The second-order valence-electron chi connectivity index (χ2n) is 6.67. The van der Waals surface area contributed by atoms with E-state index >= 15 is 0 Å². The molecule has 3 unspecified atom stereocenters. The Bertz CT molecular complexity index is 381. The van der Waals surface area contributed by atoms with Crippen LogP contribution in [0.2, 0.25) is 0 Å². The largest absolute Gasteiger partial charge is 0.375 e. The fourth-order valence-electron chi connectivity index (χ4n) is 3.60. The second-order valence-corrected chi connectivity index (χ2v) is 6.67. The van der Waals surface area contributed by atoms with Crippen molar-refractivity contribution in [1.29, 1.82) is 0 Å². The molecule has 0 radical (unpaired) electrons. The number of morpholine rings is 1. The number of nitrogens with zero attached hydrogens (tertiary/aromatic N) is 3. The molecule has 2 fully saturated rings. The van der Waals surface area contributed by atoms with Gasteiger partial charge in [-0.25, -0.2) is 0 Å². The molecular weight excluding hydrogens is 304 g/mol. The summed E-state index contributed by atoms with van der Waals surface area (Å²) in [6.07, 6.45) is 2.70. The van der Waals surface area contributed by atoms with Crippen molar-refractivity contribution in [3.05, 3.63) is 0 Å². The van der Waals surface area contributed by atoms with E-state index in [1.807, 2.05) is 0 Å². The zero-order valence-electron chi connectivity index (χ0n) is 16.0. The fourth-order valence-corrected chi connectivity index (χ4v) is 3.60. The Kier molecular flexibility index (Phi) is 8.29. The van der Waals surface area contributed by atoms with Crippen molar-refractivity contribution in [2.24, 2.45) is 4.99 Å². The third kappa shape index (κ3) is 5.33. The normalized spacial score (nSPS) is 26.9. The summed E-state index contributed by atoms with van der Waals surface area (Å²) in [5.74, 6) is 1.02. The Balaban J connectivity index is 1.96. The molecule has 0 aliphatic carbocycles. The van der Waals surface area contributed by atoms with E-state index in [0.717, 1.165) is 71.3 Å². The Labute approximate surface area is 147 Å². The molecule has 0 aromatic heterocycles. The monoisotopic (exact) mass is 340 g/mol. The Morgan fingerprint density at radius 3 is 2.58 bits per heavy atom. The number of ether oxygens (including phenoxy) is 2. The molecule has 0 amide bonds. The Morgan fingerprint density at radius 2 is 1.96 bits per heavy atom. The molecule has 24 heavy (non-hydrogen) atoms. The molecule has 6 heteroatoms. The lowest BCUT2D eigenvalue weighted by molar-refractivity contribution is -0.0817. The van der Waals surface area contributed by atoms with Crippen LogP contribution in [0.25, 0.3) is 0 Å². The summed E-state index contributed by atoms with van der Waals surface area (Å²) >= 11 is 0. The summed E-state index contributed by atoms with van der Waals surface area (Å²) in [5, 5.41) is 3.45. The number of rotatable bonds is 7. The summed E-state index contributed by atoms with van der Waals surface area (Å²) in [4.78, 5) is 9.70. The Morgan fingerprint density at radius 1 is 1.21 bits per heavy atom. The molecule has 0 bridgehead atoms. The van der Waals surface area contributed by atoms with Gasteiger partial charge in [-0.15, -0.1) is 0 Å². The van der Waals surface area contributed by atoms with E-state index in [0.29, 0.717) is 6.04 Å². The number of aliphatic imine (C=N–C) groups is 1. The number of hydrogen-bond donors (Lipinski definition) is 1. The van der Waals surface area contributed by atoms with Gasteiger partial charge in [0, 0.05) is 32.3 Å². The minimum Gasteiger partial charge on any atom is -0.375 e. The summed E-state index contributed by atoms with van der Waals surface area (Å²) in [7, 11) is 0. The molecule has 3 atom stereocenters. The van der Waals surface area contributed by atoms with Gasteiger partial charge in [-0.2, -0.15) is 0 Å². The number of likely N-dealkylation sites (N-methyl/N-ethyl adjacent to an activating group) is 1. The molecule has 0 aromatic carbocycles. The zero-order chi connectivity index (χ0) is 17.4. The third-order valence-electron chi connectivity index (χ3n) is 5.05. The van der Waals surface area contributed by atoms with Crippen molar-refractivity contribution < 1.29 is 9.47 Å². The van der Waals surface area contributed by atoms with Gasteiger partial charge >= 0.3 is 0 Å². The molecule has 2 aliphatic rings. The van der Waals surface area contributed by atoms with Crippen LogP contribution in [0.5, 0.6) is 0 Å². The molecule has 2 rings (SSSR count). The van der Waals surface area contributed by atoms with E-state index in [2.05, 4.69) is 42.8 Å². The zero-order valence-corrected chi connectivity index (χ0v) is 16.0. The van der Waals surface area contributed by atoms with E-state index in [1.165, 1.54) is 0 Å². The average Bonchev–Trinajstić information content (AvgIpc) is 3.14. The maximum absolute atomic E-state index is 5.96. The van der Waals surface area contributed by atoms with E-state index < -0.39 is 0 Å². The van der Waals surface area contributed by atoms with Gasteiger partial charge in [-0.05, 0) is 39.8 Å².